The molecule has 0 saturated carbocycles. The van der Waals surface area contributed by atoms with Crippen LogP contribution in [0.2, 0.25) is 0 Å². The average Bonchev–Trinajstić information content (AvgIpc) is 3.07. The van der Waals surface area contributed by atoms with Gasteiger partial charge in [0.2, 0.25) is 0 Å². The quantitative estimate of drug-likeness (QED) is 0.901. The van der Waals surface area contributed by atoms with Crippen LogP contribution in [0.15, 0.2) is 22.7 Å². The van der Waals surface area contributed by atoms with Crippen molar-refractivity contribution in [2.75, 3.05) is 13.7 Å². The molecule has 1 aromatic heterocycles. The molecule has 106 valence electrons. The number of nitrogens with one attached hydrogen (secondary N) is 2. The number of benzene rings is 1. The summed E-state index contributed by atoms with van der Waals surface area (Å²) in [5.74, 6) is 0.872. The van der Waals surface area contributed by atoms with Gasteiger partial charge in [0, 0.05) is 21.3 Å². The van der Waals surface area contributed by atoms with E-state index in [1.807, 2.05) is 12.1 Å². The van der Waals surface area contributed by atoms with Gasteiger partial charge in [-0.05, 0) is 44.5 Å². The molecule has 0 radical (unpaired) electrons. The molecule has 0 spiro atoms. The number of aryl methyl sites for hydroxylation is 1. The molecule has 1 aliphatic heterocycles. The minimum Gasteiger partial charge on any atom is -0.496 e. The van der Waals surface area contributed by atoms with Crippen molar-refractivity contribution in [3.05, 3.63) is 34.1 Å². The third-order valence-electron chi connectivity index (χ3n) is 3.80. The van der Waals surface area contributed by atoms with Crippen LogP contribution in [0, 0.1) is 6.92 Å². The van der Waals surface area contributed by atoms with Crippen molar-refractivity contribution in [3.63, 3.8) is 0 Å². The molecule has 4 nitrogen and oxygen atoms in total. The van der Waals surface area contributed by atoms with Gasteiger partial charge in [-0.25, -0.2) is 0 Å². The van der Waals surface area contributed by atoms with Gasteiger partial charge in [-0.1, -0.05) is 15.9 Å². The van der Waals surface area contributed by atoms with E-state index in [0.717, 1.165) is 45.7 Å². The number of hydrogen-bond acceptors (Lipinski definition) is 3. The average molecular weight is 336 g/mol. The molecule has 0 amide bonds. The molecule has 5 heteroatoms. The van der Waals surface area contributed by atoms with Crippen LogP contribution in [-0.4, -0.2) is 23.9 Å². The van der Waals surface area contributed by atoms with Crippen LogP contribution in [0.1, 0.15) is 30.3 Å². The lowest BCUT2D eigenvalue weighted by Gasteiger charge is -2.13. The summed E-state index contributed by atoms with van der Waals surface area (Å²) in [6, 6.07) is 6.40. The zero-order valence-corrected chi connectivity index (χ0v) is 13.3. The minimum atomic E-state index is 0.332. The number of H-pyrrole nitrogens is 1. The van der Waals surface area contributed by atoms with E-state index in [-0.39, 0.29) is 0 Å². The molecule has 0 bridgehead atoms. The zero-order chi connectivity index (χ0) is 14.1. The Morgan fingerprint density at radius 3 is 2.95 bits per heavy atom. The Hall–Kier alpha value is -1.33. The van der Waals surface area contributed by atoms with Crippen molar-refractivity contribution in [1.82, 2.24) is 15.5 Å². The lowest BCUT2D eigenvalue weighted by molar-refractivity contribution is 0.416. The Kier molecular flexibility index (Phi) is 3.81. The van der Waals surface area contributed by atoms with Crippen LogP contribution in [0.5, 0.6) is 5.75 Å². The van der Waals surface area contributed by atoms with Crippen LogP contribution in [0.25, 0.3) is 11.1 Å². The minimum absolute atomic E-state index is 0.332. The third-order valence-corrected chi connectivity index (χ3v) is 4.29. The summed E-state index contributed by atoms with van der Waals surface area (Å²) in [6.07, 6.45) is 2.33. The van der Waals surface area contributed by atoms with E-state index in [4.69, 9.17) is 4.74 Å². The van der Waals surface area contributed by atoms with Crippen molar-refractivity contribution in [2.24, 2.45) is 0 Å². The summed E-state index contributed by atoms with van der Waals surface area (Å²) in [4.78, 5) is 0. The first-order valence-corrected chi connectivity index (χ1v) is 7.62. The normalized spacial score (nSPS) is 18.4. The Morgan fingerprint density at radius 1 is 1.40 bits per heavy atom. The molecule has 1 atom stereocenters. The van der Waals surface area contributed by atoms with Crippen LogP contribution in [0.4, 0.5) is 0 Å². The van der Waals surface area contributed by atoms with Gasteiger partial charge in [-0.15, -0.1) is 0 Å². The van der Waals surface area contributed by atoms with Gasteiger partial charge in [0.1, 0.15) is 5.75 Å². The molecule has 3 rings (SSSR count). The second-order valence-electron chi connectivity index (χ2n) is 5.10. The first-order valence-electron chi connectivity index (χ1n) is 6.83. The number of aromatic nitrogens is 2. The Bertz CT molecular complexity index is 618. The summed E-state index contributed by atoms with van der Waals surface area (Å²) in [5.41, 5.74) is 4.40. The summed E-state index contributed by atoms with van der Waals surface area (Å²) >= 11 is 3.54. The molecule has 2 N–H and O–H groups in total. The molecule has 1 aliphatic rings. The predicted molar refractivity (Wildman–Crippen MR) is 83.0 cm³/mol. The van der Waals surface area contributed by atoms with Crippen molar-refractivity contribution in [3.8, 4) is 16.9 Å². The topological polar surface area (TPSA) is 49.9 Å². The molecule has 1 aromatic carbocycles. The SMILES string of the molecule is COc1ccc(Br)cc1-c1c(C2CCCN2)n[nH]c1C. The van der Waals surface area contributed by atoms with Gasteiger partial charge in [-0.3, -0.25) is 5.10 Å². The maximum absolute atomic E-state index is 5.51. The summed E-state index contributed by atoms with van der Waals surface area (Å²) in [5, 5.41) is 11.2. The molecule has 1 unspecified atom stereocenters. The van der Waals surface area contributed by atoms with Crippen molar-refractivity contribution >= 4 is 15.9 Å². The van der Waals surface area contributed by atoms with Crippen LogP contribution < -0.4 is 10.1 Å². The largest absolute Gasteiger partial charge is 0.496 e. The van der Waals surface area contributed by atoms with Gasteiger partial charge < -0.3 is 10.1 Å². The Balaban J connectivity index is 2.14. The fourth-order valence-corrected chi connectivity index (χ4v) is 3.19. The number of ether oxygens (including phenoxy) is 1. The number of aromatic amines is 1. The van der Waals surface area contributed by atoms with Crippen LogP contribution >= 0.6 is 15.9 Å². The van der Waals surface area contributed by atoms with E-state index in [0.29, 0.717) is 6.04 Å². The third kappa shape index (κ3) is 2.36. The zero-order valence-electron chi connectivity index (χ0n) is 11.7. The number of halogens is 1. The molecule has 20 heavy (non-hydrogen) atoms. The van der Waals surface area contributed by atoms with E-state index in [1.54, 1.807) is 7.11 Å². The maximum Gasteiger partial charge on any atom is 0.126 e. The molecule has 2 heterocycles. The molecule has 0 aliphatic carbocycles. The van der Waals surface area contributed by atoms with E-state index >= 15 is 0 Å². The number of rotatable bonds is 3. The number of hydrogen-bond donors (Lipinski definition) is 2. The summed E-state index contributed by atoms with van der Waals surface area (Å²) < 4.78 is 6.55. The molecular formula is C15H18BrN3O. The highest BCUT2D eigenvalue weighted by Crippen LogP contribution is 2.39. The number of nitrogens with zero attached hydrogens (tertiary/aromatic N) is 1. The first kappa shape index (κ1) is 13.6. The first-order chi connectivity index (χ1) is 9.70. The fraction of sp³-hybridized carbons (Fsp3) is 0.400. The van der Waals surface area contributed by atoms with Crippen molar-refractivity contribution in [2.45, 2.75) is 25.8 Å². The fourth-order valence-electron chi connectivity index (χ4n) is 2.83. The van der Waals surface area contributed by atoms with Crippen LogP contribution in [0.3, 0.4) is 0 Å². The summed E-state index contributed by atoms with van der Waals surface area (Å²) in [7, 11) is 1.70. The Labute approximate surface area is 127 Å². The van der Waals surface area contributed by atoms with Crippen LogP contribution in [-0.2, 0) is 0 Å². The number of methoxy groups -OCH3 is 1. The van der Waals surface area contributed by atoms with Gasteiger partial charge >= 0.3 is 0 Å². The van der Waals surface area contributed by atoms with E-state index < -0.39 is 0 Å². The van der Waals surface area contributed by atoms with Gasteiger partial charge in [-0.2, -0.15) is 5.10 Å². The smallest absolute Gasteiger partial charge is 0.126 e. The van der Waals surface area contributed by atoms with E-state index in [9.17, 15) is 0 Å². The monoisotopic (exact) mass is 335 g/mol. The van der Waals surface area contributed by atoms with Gasteiger partial charge in [0.25, 0.3) is 0 Å². The van der Waals surface area contributed by atoms with E-state index in [2.05, 4.69) is 44.4 Å². The van der Waals surface area contributed by atoms with Gasteiger partial charge in [0.05, 0.1) is 18.8 Å². The molecule has 1 fully saturated rings. The predicted octanol–water partition coefficient (Wildman–Crippen LogP) is 3.58. The lowest BCUT2D eigenvalue weighted by Crippen LogP contribution is -2.14. The summed E-state index contributed by atoms with van der Waals surface area (Å²) in [6.45, 7) is 3.12. The highest BCUT2D eigenvalue weighted by atomic mass is 79.9. The highest BCUT2D eigenvalue weighted by Gasteiger charge is 2.25. The highest BCUT2D eigenvalue weighted by molar-refractivity contribution is 9.10. The molecule has 1 saturated heterocycles. The van der Waals surface area contributed by atoms with Crippen molar-refractivity contribution < 1.29 is 4.74 Å². The standard InChI is InChI=1S/C15H18BrN3O/c1-9-14(11-8-10(16)5-6-13(11)20-2)15(19-18-9)12-4-3-7-17-12/h5-6,8,12,17H,3-4,7H2,1-2H3,(H,18,19). The van der Waals surface area contributed by atoms with Crippen molar-refractivity contribution in [1.29, 1.82) is 0 Å². The van der Waals surface area contributed by atoms with E-state index in [1.165, 1.54) is 6.42 Å². The maximum atomic E-state index is 5.51. The second-order valence-corrected chi connectivity index (χ2v) is 6.02. The molecular weight excluding hydrogens is 318 g/mol. The Morgan fingerprint density at radius 2 is 2.25 bits per heavy atom. The van der Waals surface area contributed by atoms with Gasteiger partial charge in [0.15, 0.2) is 0 Å². The molecule has 2 aromatic rings. The lowest BCUT2D eigenvalue weighted by atomic mass is 9.98. The second kappa shape index (κ2) is 5.58.